The second-order valence-electron chi connectivity index (χ2n) is 6.41. The molecule has 1 saturated heterocycles. The van der Waals surface area contributed by atoms with Gasteiger partial charge in [-0.05, 0) is 38.8 Å². The molecule has 0 aliphatic carbocycles. The van der Waals surface area contributed by atoms with Gasteiger partial charge in [-0.25, -0.2) is 0 Å². The minimum Gasteiger partial charge on any atom is -0.370 e. The average molecular weight is 348 g/mol. The predicted molar refractivity (Wildman–Crippen MR) is 99.0 cm³/mol. The minimum absolute atomic E-state index is 0.127. The molecule has 1 aliphatic rings. The molecule has 25 heavy (non-hydrogen) atoms. The Balaban J connectivity index is 1.99. The van der Waals surface area contributed by atoms with Crippen LogP contribution < -0.4 is 4.90 Å². The first-order valence-corrected chi connectivity index (χ1v) is 8.96. The lowest BCUT2D eigenvalue weighted by Gasteiger charge is -2.26. The largest absolute Gasteiger partial charge is 0.370 e. The average Bonchev–Trinajstić information content (AvgIpc) is 2.81. The van der Waals surface area contributed by atoms with E-state index in [-0.39, 0.29) is 16.5 Å². The minimum atomic E-state index is -0.361. The van der Waals surface area contributed by atoms with E-state index in [1.54, 1.807) is 12.1 Å². The van der Waals surface area contributed by atoms with Crippen molar-refractivity contribution in [2.75, 3.05) is 50.7 Å². The van der Waals surface area contributed by atoms with Crippen molar-refractivity contribution < 1.29 is 9.72 Å². The van der Waals surface area contributed by atoms with Gasteiger partial charge >= 0.3 is 0 Å². The first kappa shape index (κ1) is 19.2. The molecular weight excluding hydrogens is 320 g/mol. The van der Waals surface area contributed by atoms with Crippen LogP contribution in [0.4, 0.5) is 11.4 Å². The van der Waals surface area contributed by atoms with Gasteiger partial charge in [-0.3, -0.25) is 19.8 Å². The second-order valence-corrected chi connectivity index (χ2v) is 6.41. The molecule has 0 saturated carbocycles. The molecular formula is C18H28N4O3. The third kappa shape index (κ3) is 4.92. The number of nitro groups is 1. The molecule has 1 aromatic carbocycles. The highest BCUT2D eigenvalue weighted by Crippen LogP contribution is 2.25. The van der Waals surface area contributed by atoms with E-state index in [0.717, 1.165) is 56.9 Å². The molecule has 2 rings (SSSR count). The zero-order chi connectivity index (χ0) is 18.4. The monoisotopic (exact) mass is 348 g/mol. The highest BCUT2D eigenvalue weighted by molar-refractivity contribution is 5.78. The van der Waals surface area contributed by atoms with Crippen LogP contribution in [0.5, 0.6) is 0 Å². The van der Waals surface area contributed by atoms with Gasteiger partial charge in [-0.1, -0.05) is 0 Å². The smallest absolute Gasteiger partial charge is 0.269 e. The summed E-state index contributed by atoms with van der Waals surface area (Å²) >= 11 is 0. The number of aryl methyl sites for hydroxylation is 1. The van der Waals surface area contributed by atoms with Crippen molar-refractivity contribution in [1.29, 1.82) is 0 Å². The van der Waals surface area contributed by atoms with E-state index in [9.17, 15) is 14.9 Å². The molecule has 0 atom stereocenters. The lowest BCUT2D eigenvalue weighted by molar-refractivity contribution is -0.384. The maximum absolute atomic E-state index is 12.3. The highest BCUT2D eigenvalue weighted by atomic mass is 16.6. The van der Waals surface area contributed by atoms with Crippen molar-refractivity contribution in [2.45, 2.75) is 27.2 Å². The summed E-state index contributed by atoms with van der Waals surface area (Å²) in [6.45, 7) is 11.3. The number of benzene rings is 1. The van der Waals surface area contributed by atoms with Crippen LogP contribution in [-0.4, -0.2) is 66.4 Å². The number of carbonyl (C=O) groups is 1. The summed E-state index contributed by atoms with van der Waals surface area (Å²) in [5.41, 5.74) is 2.09. The zero-order valence-corrected chi connectivity index (χ0v) is 15.4. The predicted octanol–water partition coefficient (Wildman–Crippen LogP) is 2.28. The molecule has 7 nitrogen and oxygen atoms in total. The molecule has 0 radical (unpaired) electrons. The third-order valence-electron chi connectivity index (χ3n) is 4.80. The van der Waals surface area contributed by atoms with Gasteiger partial charge in [0.05, 0.1) is 11.5 Å². The molecule has 0 N–H and O–H groups in total. The molecule has 1 heterocycles. The van der Waals surface area contributed by atoms with Gasteiger partial charge in [0.25, 0.3) is 5.69 Å². The van der Waals surface area contributed by atoms with Crippen LogP contribution in [0.15, 0.2) is 18.2 Å². The first-order valence-electron chi connectivity index (χ1n) is 8.96. The molecule has 1 fully saturated rings. The number of hydrogen-bond donors (Lipinski definition) is 0. The molecule has 1 aromatic rings. The topological polar surface area (TPSA) is 69.9 Å². The van der Waals surface area contributed by atoms with E-state index in [1.165, 1.54) is 0 Å². The van der Waals surface area contributed by atoms with Crippen molar-refractivity contribution in [3.05, 3.63) is 33.9 Å². The van der Waals surface area contributed by atoms with Crippen molar-refractivity contribution in [2.24, 2.45) is 0 Å². The molecule has 1 aliphatic heterocycles. The van der Waals surface area contributed by atoms with Crippen molar-refractivity contribution in [1.82, 2.24) is 9.80 Å². The van der Waals surface area contributed by atoms with Crippen LogP contribution in [0.3, 0.4) is 0 Å². The zero-order valence-electron chi connectivity index (χ0n) is 15.4. The lowest BCUT2D eigenvalue weighted by Crippen LogP contribution is -2.41. The summed E-state index contributed by atoms with van der Waals surface area (Å²) in [5, 5.41) is 10.9. The third-order valence-corrected chi connectivity index (χ3v) is 4.80. The van der Waals surface area contributed by atoms with Gasteiger partial charge in [0, 0.05) is 57.1 Å². The van der Waals surface area contributed by atoms with Crippen LogP contribution in [0.1, 0.15) is 25.8 Å². The number of nitro benzene ring substituents is 1. The Morgan fingerprint density at radius 3 is 2.52 bits per heavy atom. The van der Waals surface area contributed by atoms with E-state index >= 15 is 0 Å². The molecule has 0 unspecified atom stereocenters. The summed E-state index contributed by atoms with van der Waals surface area (Å²) in [6, 6.07) is 5.03. The van der Waals surface area contributed by atoms with E-state index in [2.05, 4.69) is 9.80 Å². The van der Waals surface area contributed by atoms with E-state index in [0.29, 0.717) is 6.54 Å². The van der Waals surface area contributed by atoms with E-state index < -0.39 is 0 Å². The lowest BCUT2D eigenvalue weighted by atomic mass is 10.1. The molecule has 0 bridgehead atoms. The van der Waals surface area contributed by atoms with Gasteiger partial charge in [-0.2, -0.15) is 0 Å². The molecule has 0 aromatic heterocycles. The maximum atomic E-state index is 12.3. The van der Waals surface area contributed by atoms with Gasteiger partial charge in [0.2, 0.25) is 5.91 Å². The number of rotatable bonds is 6. The normalized spacial score (nSPS) is 15.7. The van der Waals surface area contributed by atoms with Crippen LogP contribution >= 0.6 is 0 Å². The number of nitrogens with zero attached hydrogens (tertiary/aromatic N) is 4. The van der Waals surface area contributed by atoms with Crippen LogP contribution in [0.25, 0.3) is 0 Å². The summed E-state index contributed by atoms with van der Waals surface area (Å²) < 4.78 is 0. The van der Waals surface area contributed by atoms with Crippen molar-refractivity contribution in [3.63, 3.8) is 0 Å². The van der Waals surface area contributed by atoms with Crippen LogP contribution in [0.2, 0.25) is 0 Å². The van der Waals surface area contributed by atoms with Crippen molar-refractivity contribution >= 4 is 17.3 Å². The Bertz CT molecular complexity index is 616. The Hall–Kier alpha value is -2.15. The molecule has 1 amide bonds. The van der Waals surface area contributed by atoms with E-state index in [4.69, 9.17) is 0 Å². The van der Waals surface area contributed by atoms with Gasteiger partial charge in [0.1, 0.15) is 0 Å². The summed E-state index contributed by atoms with van der Waals surface area (Å²) in [4.78, 5) is 29.2. The fourth-order valence-electron chi connectivity index (χ4n) is 3.35. The van der Waals surface area contributed by atoms with E-state index in [1.807, 2.05) is 31.7 Å². The highest BCUT2D eigenvalue weighted by Gasteiger charge is 2.20. The molecule has 0 spiro atoms. The Labute approximate surface area is 149 Å². The Morgan fingerprint density at radius 1 is 1.20 bits per heavy atom. The number of anilines is 1. The summed E-state index contributed by atoms with van der Waals surface area (Å²) in [6.07, 6.45) is 0.974. The fourth-order valence-corrected chi connectivity index (χ4v) is 3.35. The quantitative estimate of drug-likeness (QED) is 0.583. The number of likely N-dealkylation sites (N-methyl/N-ethyl adjacent to an activating group) is 1. The van der Waals surface area contributed by atoms with Crippen LogP contribution in [-0.2, 0) is 4.79 Å². The standard InChI is InChI=1S/C18H28N4O3/c1-4-20(5-2)18(23)14-19-9-6-10-21(12-11-19)17-8-7-16(22(24)25)13-15(17)3/h7-8,13H,4-6,9-12,14H2,1-3H3. The molecule has 138 valence electrons. The van der Waals surface area contributed by atoms with Crippen molar-refractivity contribution in [3.8, 4) is 0 Å². The number of non-ortho nitro benzene ring substituents is 1. The SMILES string of the molecule is CCN(CC)C(=O)CN1CCCN(c2ccc([N+](=O)[O-])cc2C)CC1. The Morgan fingerprint density at radius 2 is 1.92 bits per heavy atom. The Kier molecular flexibility index (Phi) is 6.75. The number of hydrogen-bond acceptors (Lipinski definition) is 5. The molecule has 7 heteroatoms. The van der Waals surface area contributed by atoms with Gasteiger partial charge in [-0.15, -0.1) is 0 Å². The summed E-state index contributed by atoms with van der Waals surface area (Å²) in [7, 11) is 0. The first-order chi connectivity index (χ1) is 12.0. The van der Waals surface area contributed by atoms with Gasteiger partial charge < -0.3 is 9.80 Å². The van der Waals surface area contributed by atoms with Crippen LogP contribution in [0, 0.1) is 17.0 Å². The van der Waals surface area contributed by atoms with Gasteiger partial charge in [0.15, 0.2) is 0 Å². The second kappa shape index (κ2) is 8.80. The number of carbonyl (C=O) groups excluding carboxylic acids is 1. The fraction of sp³-hybridized carbons (Fsp3) is 0.611. The summed E-state index contributed by atoms with van der Waals surface area (Å²) in [5.74, 6) is 0.185. The maximum Gasteiger partial charge on any atom is 0.269 e. The number of amides is 1.